The number of nitrogens with one attached hydrogen (secondary N) is 1. The highest BCUT2D eigenvalue weighted by molar-refractivity contribution is 7.92. The highest BCUT2D eigenvalue weighted by atomic mass is 35.5. The van der Waals surface area contributed by atoms with Crippen molar-refractivity contribution in [1.82, 2.24) is 9.80 Å². The van der Waals surface area contributed by atoms with Gasteiger partial charge in [0.1, 0.15) is 0 Å². The van der Waals surface area contributed by atoms with E-state index in [9.17, 15) is 13.2 Å². The normalized spacial score (nSPS) is 14.7. The Hall–Kier alpha value is -2.86. The van der Waals surface area contributed by atoms with E-state index in [1.165, 1.54) is 0 Å². The smallest absolute Gasteiger partial charge is 0.242 e. The molecule has 4 rings (SSSR count). The lowest BCUT2D eigenvalue weighted by molar-refractivity contribution is -0.131. The number of methoxy groups -OCH3 is 1. The van der Waals surface area contributed by atoms with Crippen molar-refractivity contribution in [2.45, 2.75) is 6.04 Å². The summed E-state index contributed by atoms with van der Waals surface area (Å²) >= 11 is 12.4. The number of morpholine rings is 1. The van der Waals surface area contributed by atoms with E-state index < -0.39 is 10.0 Å². The van der Waals surface area contributed by atoms with Gasteiger partial charge in [0, 0.05) is 51.7 Å². The molecule has 0 aromatic heterocycles. The van der Waals surface area contributed by atoms with Crippen LogP contribution in [0.5, 0.6) is 0 Å². The molecule has 0 spiro atoms. The van der Waals surface area contributed by atoms with Gasteiger partial charge in [-0.1, -0.05) is 59.6 Å². The van der Waals surface area contributed by atoms with Gasteiger partial charge in [-0.3, -0.25) is 14.4 Å². The summed E-state index contributed by atoms with van der Waals surface area (Å²) in [6.45, 7) is 4.63. The van der Waals surface area contributed by atoms with E-state index in [0.717, 1.165) is 41.7 Å². The van der Waals surface area contributed by atoms with Crippen LogP contribution >= 0.6 is 23.2 Å². The maximum atomic E-state index is 13.8. The molecule has 1 heterocycles. The number of sulfonamides is 1. The van der Waals surface area contributed by atoms with Gasteiger partial charge in [-0.05, 0) is 47.0 Å². The lowest BCUT2D eigenvalue weighted by Crippen LogP contribution is -2.46. The summed E-state index contributed by atoms with van der Waals surface area (Å²) in [6, 6.07) is 20.4. The molecule has 232 valence electrons. The number of anilines is 2. The molecule has 1 saturated heterocycles. The van der Waals surface area contributed by atoms with Crippen LogP contribution in [-0.4, -0.2) is 97.1 Å². The number of rotatable bonds is 13. The molecule has 1 unspecified atom stereocenters. The second-order valence-corrected chi connectivity index (χ2v) is 13.1. The van der Waals surface area contributed by atoms with E-state index in [1.54, 1.807) is 36.3 Å². The number of likely N-dealkylation sites (N-methyl/N-ethyl adjacent to an activating group) is 1. The molecule has 1 aliphatic rings. The van der Waals surface area contributed by atoms with Gasteiger partial charge in [-0.15, -0.1) is 0 Å². The molecule has 0 saturated carbocycles. The Labute approximate surface area is 264 Å². The zero-order chi connectivity index (χ0) is 31.0. The lowest BCUT2D eigenvalue weighted by atomic mass is 9.99. The molecule has 43 heavy (non-hydrogen) atoms. The maximum Gasteiger partial charge on any atom is 0.242 e. The minimum Gasteiger partial charge on any atom is -0.383 e. The molecule has 0 aliphatic carbocycles. The third kappa shape index (κ3) is 9.56. The van der Waals surface area contributed by atoms with Crippen LogP contribution < -0.4 is 9.62 Å². The van der Waals surface area contributed by atoms with Crippen molar-refractivity contribution in [2.75, 3.05) is 82.6 Å². The average Bonchev–Trinajstić information content (AvgIpc) is 2.99. The summed E-state index contributed by atoms with van der Waals surface area (Å²) in [6.07, 6.45) is 1.13. The van der Waals surface area contributed by atoms with Crippen molar-refractivity contribution in [1.29, 1.82) is 0 Å². The van der Waals surface area contributed by atoms with E-state index in [4.69, 9.17) is 32.7 Å². The largest absolute Gasteiger partial charge is 0.383 e. The molecule has 1 fully saturated rings. The summed E-state index contributed by atoms with van der Waals surface area (Å²) < 4.78 is 36.8. The van der Waals surface area contributed by atoms with Crippen LogP contribution in [0.25, 0.3) is 11.1 Å². The molecule has 0 radical (unpaired) electrons. The number of amides is 1. The summed E-state index contributed by atoms with van der Waals surface area (Å²) in [4.78, 5) is 19.9. The molecule has 3 aromatic carbocycles. The number of hydrogen-bond donors (Lipinski definition) is 1. The van der Waals surface area contributed by atoms with Crippen LogP contribution in [0, 0.1) is 0 Å². The lowest BCUT2D eigenvalue weighted by Gasteiger charge is -2.36. The molecule has 3 aromatic rings. The topological polar surface area (TPSA) is 91.4 Å². The first-order valence-corrected chi connectivity index (χ1v) is 16.6. The zero-order valence-corrected chi connectivity index (χ0v) is 27.0. The molecule has 9 nitrogen and oxygen atoms in total. The quantitative estimate of drug-likeness (QED) is 0.278. The fourth-order valence-electron chi connectivity index (χ4n) is 4.99. The predicted molar refractivity (Wildman–Crippen MR) is 174 cm³/mol. The van der Waals surface area contributed by atoms with Crippen LogP contribution in [0.3, 0.4) is 0 Å². The number of carbonyl (C=O) groups excluding carboxylic acids is 1. The van der Waals surface area contributed by atoms with E-state index in [0.29, 0.717) is 48.6 Å². The number of halogens is 2. The van der Waals surface area contributed by atoms with Gasteiger partial charge in [-0.25, -0.2) is 8.42 Å². The molecular formula is C31H38Cl2N4O5S. The molecule has 12 heteroatoms. The van der Waals surface area contributed by atoms with Gasteiger partial charge in [0.05, 0.1) is 48.7 Å². The monoisotopic (exact) mass is 648 g/mol. The Bertz CT molecular complexity index is 1480. The Kier molecular flexibility index (Phi) is 11.7. The molecule has 1 aliphatic heterocycles. The summed E-state index contributed by atoms with van der Waals surface area (Å²) in [5.74, 6) is -0.0518. The van der Waals surface area contributed by atoms with E-state index in [1.807, 2.05) is 54.4 Å². The van der Waals surface area contributed by atoms with Crippen LogP contribution in [0.15, 0.2) is 66.7 Å². The Morgan fingerprint density at radius 1 is 1.02 bits per heavy atom. The van der Waals surface area contributed by atoms with Gasteiger partial charge in [0.15, 0.2) is 0 Å². The van der Waals surface area contributed by atoms with Gasteiger partial charge >= 0.3 is 0 Å². The van der Waals surface area contributed by atoms with Crippen molar-refractivity contribution in [3.8, 4) is 11.1 Å². The molecule has 1 amide bonds. The zero-order valence-electron chi connectivity index (χ0n) is 24.6. The third-order valence-corrected chi connectivity index (χ3v) is 8.70. The second-order valence-electron chi connectivity index (χ2n) is 10.5. The number of nitrogens with zero attached hydrogens (tertiary/aromatic N) is 3. The SMILES string of the molecule is COCCN(CC(=O)N(C)C(CN1CCOCC1)c1ccc(-c2cccc(NS(C)(=O)=O)c2)cc1)c1ccc(Cl)c(Cl)c1. The number of benzene rings is 3. The van der Waals surface area contributed by atoms with Crippen molar-refractivity contribution in [3.63, 3.8) is 0 Å². The highest BCUT2D eigenvalue weighted by Gasteiger charge is 2.27. The first-order chi connectivity index (χ1) is 20.5. The fraction of sp³-hybridized carbons (Fsp3) is 0.387. The van der Waals surface area contributed by atoms with E-state index >= 15 is 0 Å². The number of ether oxygens (including phenoxy) is 2. The summed E-state index contributed by atoms with van der Waals surface area (Å²) in [5, 5.41) is 0.873. The Morgan fingerprint density at radius 3 is 2.40 bits per heavy atom. The first kappa shape index (κ1) is 33.0. The van der Waals surface area contributed by atoms with Crippen LogP contribution in [0.4, 0.5) is 11.4 Å². The highest BCUT2D eigenvalue weighted by Crippen LogP contribution is 2.29. The van der Waals surface area contributed by atoms with Crippen molar-refractivity contribution < 1.29 is 22.7 Å². The van der Waals surface area contributed by atoms with E-state index in [-0.39, 0.29) is 18.5 Å². The van der Waals surface area contributed by atoms with Crippen LogP contribution in [-0.2, 0) is 24.3 Å². The minimum absolute atomic E-state index is 0.0518. The molecular weight excluding hydrogens is 611 g/mol. The molecule has 1 N–H and O–H groups in total. The third-order valence-electron chi connectivity index (χ3n) is 7.35. The average molecular weight is 650 g/mol. The number of hydrogen-bond acceptors (Lipinski definition) is 7. The van der Waals surface area contributed by atoms with Gasteiger partial charge in [0.25, 0.3) is 0 Å². The van der Waals surface area contributed by atoms with Crippen LogP contribution in [0.2, 0.25) is 10.0 Å². The van der Waals surface area contributed by atoms with Crippen molar-refractivity contribution >= 4 is 50.5 Å². The van der Waals surface area contributed by atoms with E-state index in [2.05, 4.69) is 9.62 Å². The fourth-order valence-corrected chi connectivity index (χ4v) is 5.83. The van der Waals surface area contributed by atoms with Crippen LogP contribution in [0.1, 0.15) is 11.6 Å². The molecule has 1 atom stereocenters. The van der Waals surface area contributed by atoms with Gasteiger partial charge in [-0.2, -0.15) is 0 Å². The summed E-state index contributed by atoms with van der Waals surface area (Å²) in [5.41, 5.74) is 4.10. The second kappa shape index (κ2) is 15.2. The van der Waals surface area contributed by atoms with Crippen molar-refractivity contribution in [2.24, 2.45) is 0 Å². The predicted octanol–water partition coefficient (Wildman–Crippen LogP) is 5.02. The Balaban J connectivity index is 1.57. The number of carbonyl (C=O) groups is 1. The maximum absolute atomic E-state index is 13.8. The minimum atomic E-state index is -3.39. The van der Waals surface area contributed by atoms with Gasteiger partial charge in [0.2, 0.25) is 15.9 Å². The first-order valence-electron chi connectivity index (χ1n) is 14.0. The standard InChI is InChI=1S/C31H38Cl2N4O5S/c1-35(31(38)22-37(15-16-41-2)27-11-12-28(32)29(33)20-27)30(21-36-13-17-42-18-14-36)24-9-7-23(8-10-24)25-5-4-6-26(19-25)34-43(3,39)40/h4-12,19-20,30,34H,13-18,21-22H2,1-3H3. The molecule has 0 bridgehead atoms. The van der Waals surface area contributed by atoms with Gasteiger partial charge < -0.3 is 19.3 Å². The summed E-state index contributed by atoms with van der Waals surface area (Å²) in [7, 11) is 0.0789. The Morgan fingerprint density at radius 2 is 1.74 bits per heavy atom. The van der Waals surface area contributed by atoms with Crippen molar-refractivity contribution in [3.05, 3.63) is 82.3 Å².